The van der Waals surface area contributed by atoms with Crippen molar-refractivity contribution in [1.29, 1.82) is 0 Å². The Morgan fingerprint density at radius 1 is 1.71 bits per heavy atom. The second-order valence-electron chi connectivity index (χ2n) is 4.02. The molecular formula is C11H14ClN3O2. The van der Waals surface area contributed by atoms with Crippen LogP contribution < -0.4 is 5.73 Å². The lowest BCUT2D eigenvalue weighted by molar-refractivity contribution is -0.0124. The number of carbonyl (C=O) groups is 1. The maximum absolute atomic E-state index is 12.1. The first-order valence-electron chi connectivity index (χ1n) is 5.40. The maximum atomic E-state index is 12.1. The van der Waals surface area contributed by atoms with Crippen LogP contribution in [0, 0.1) is 0 Å². The van der Waals surface area contributed by atoms with Gasteiger partial charge in [-0.2, -0.15) is 0 Å². The summed E-state index contributed by atoms with van der Waals surface area (Å²) >= 11 is 5.84. The van der Waals surface area contributed by atoms with Crippen molar-refractivity contribution in [1.82, 2.24) is 9.88 Å². The van der Waals surface area contributed by atoms with Crippen LogP contribution in [0.25, 0.3) is 0 Å². The minimum atomic E-state index is -0.0884. The van der Waals surface area contributed by atoms with E-state index in [2.05, 4.69) is 4.98 Å². The average molecular weight is 256 g/mol. The molecule has 0 saturated carbocycles. The van der Waals surface area contributed by atoms with Crippen molar-refractivity contribution in [2.75, 3.05) is 25.4 Å². The molecule has 2 N–H and O–H groups in total. The third-order valence-corrected chi connectivity index (χ3v) is 2.95. The molecule has 1 aromatic heterocycles. The predicted molar refractivity (Wildman–Crippen MR) is 65.0 cm³/mol. The summed E-state index contributed by atoms with van der Waals surface area (Å²) in [5, 5.41) is 0.303. The van der Waals surface area contributed by atoms with Crippen LogP contribution in [0.4, 0.5) is 5.82 Å². The van der Waals surface area contributed by atoms with Gasteiger partial charge in [-0.1, -0.05) is 11.6 Å². The molecule has 1 aliphatic heterocycles. The van der Waals surface area contributed by atoms with Crippen LogP contribution in [0.3, 0.4) is 0 Å². The Kier molecular flexibility index (Phi) is 3.49. The number of rotatable bonds is 1. The molecule has 17 heavy (non-hydrogen) atoms. The van der Waals surface area contributed by atoms with E-state index in [1.807, 2.05) is 6.92 Å². The third-order valence-electron chi connectivity index (χ3n) is 2.64. The van der Waals surface area contributed by atoms with E-state index in [1.165, 1.54) is 6.20 Å². The number of amides is 1. The van der Waals surface area contributed by atoms with Crippen molar-refractivity contribution in [2.45, 2.75) is 13.0 Å². The first-order valence-corrected chi connectivity index (χ1v) is 5.77. The highest BCUT2D eigenvalue weighted by atomic mass is 35.5. The quantitative estimate of drug-likeness (QED) is 0.818. The zero-order valence-corrected chi connectivity index (χ0v) is 10.3. The molecule has 0 aliphatic carbocycles. The summed E-state index contributed by atoms with van der Waals surface area (Å²) in [6, 6.07) is 1.55. The lowest BCUT2D eigenvalue weighted by Gasteiger charge is -2.31. The molecule has 1 aliphatic rings. The number of halogens is 1. The molecular weight excluding hydrogens is 242 g/mol. The van der Waals surface area contributed by atoms with E-state index < -0.39 is 0 Å². The second-order valence-corrected chi connectivity index (χ2v) is 4.43. The number of aromatic nitrogens is 1. The molecule has 1 aromatic rings. The molecule has 1 unspecified atom stereocenters. The number of carbonyl (C=O) groups excluding carboxylic acids is 1. The van der Waals surface area contributed by atoms with Crippen LogP contribution >= 0.6 is 11.6 Å². The van der Waals surface area contributed by atoms with Crippen molar-refractivity contribution in [3.05, 3.63) is 22.8 Å². The largest absolute Gasteiger partial charge is 0.382 e. The van der Waals surface area contributed by atoms with E-state index in [4.69, 9.17) is 22.1 Å². The van der Waals surface area contributed by atoms with E-state index in [0.29, 0.717) is 30.3 Å². The summed E-state index contributed by atoms with van der Waals surface area (Å²) < 4.78 is 5.38. The number of morpholine rings is 1. The lowest BCUT2D eigenvalue weighted by Crippen LogP contribution is -2.44. The van der Waals surface area contributed by atoms with Gasteiger partial charge in [0.25, 0.3) is 5.91 Å². The zero-order valence-electron chi connectivity index (χ0n) is 9.52. The standard InChI is InChI=1S/C11H14ClN3O2/c1-7-6-15(2-3-17-7)11(16)8-4-9(12)10(13)14-5-8/h4-5,7H,2-3,6H2,1H3,(H2,13,14). The van der Waals surface area contributed by atoms with Gasteiger partial charge in [-0.15, -0.1) is 0 Å². The molecule has 6 heteroatoms. The van der Waals surface area contributed by atoms with Crippen LogP contribution in [-0.4, -0.2) is 41.6 Å². The van der Waals surface area contributed by atoms with Gasteiger partial charge >= 0.3 is 0 Å². The fourth-order valence-electron chi connectivity index (χ4n) is 1.75. The van der Waals surface area contributed by atoms with Gasteiger partial charge in [0.05, 0.1) is 23.3 Å². The van der Waals surface area contributed by atoms with E-state index in [-0.39, 0.29) is 17.8 Å². The van der Waals surface area contributed by atoms with Crippen molar-refractivity contribution >= 4 is 23.3 Å². The van der Waals surface area contributed by atoms with E-state index in [1.54, 1.807) is 11.0 Å². The van der Waals surface area contributed by atoms with Crippen LogP contribution in [0.5, 0.6) is 0 Å². The molecule has 1 fully saturated rings. The summed E-state index contributed by atoms with van der Waals surface area (Å²) in [5.74, 6) is 0.146. The molecule has 1 atom stereocenters. The molecule has 0 radical (unpaired) electrons. The summed E-state index contributed by atoms with van der Waals surface area (Å²) in [6.07, 6.45) is 1.51. The Labute approximate surface area is 105 Å². The molecule has 5 nitrogen and oxygen atoms in total. The fourth-order valence-corrected chi connectivity index (χ4v) is 1.92. The number of pyridine rings is 1. The Hall–Kier alpha value is -1.33. The highest BCUT2D eigenvalue weighted by molar-refractivity contribution is 6.33. The van der Waals surface area contributed by atoms with Crippen LogP contribution in [0.1, 0.15) is 17.3 Å². The first-order chi connectivity index (χ1) is 8.08. The monoisotopic (exact) mass is 255 g/mol. The summed E-state index contributed by atoms with van der Waals surface area (Å²) in [4.78, 5) is 17.8. The van der Waals surface area contributed by atoms with E-state index in [9.17, 15) is 4.79 Å². The minimum absolute atomic E-state index is 0.0601. The Morgan fingerprint density at radius 3 is 3.12 bits per heavy atom. The molecule has 0 bridgehead atoms. The fraction of sp³-hybridized carbons (Fsp3) is 0.455. The first kappa shape index (κ1) is 12.1. The van der Waals surface area contributed by atoms with Crippen LogP contribution in [0.2, 0.25) is 5.02 Å². The van der Waals surface area contributed by atoms with Crippen LogP contribution in [0.15, 0.2) is 12.3 Å². The minimum Gasteiger partial charge on any atom is -0.382 e. The lowest BCUT2D eigenvalue weighted by atomic mass is 10.2. The van der Waals surface area contributed by atoms with Gasteiger partial charge in [0.15, 0.2) is 0 Å². The van der Waals surface area contributed by atoms with Gasteiger partial charge in [-0.25, -0.2) is 4.98 Å². The number of hydrogen-bond donors (Lipinski definition) is 1. The van der Waals surface area contributed by atoms with Gasteiger partial charge in [0, 0.05) is 19.3 Å². The van der Waals surface area contributed by atoms with Gasteiger partial charge in [0.1, 0.15) is 5.82 Å². The molecule has 2 rings (SSSR count). The van der Waals surface area contributed by atoms with Crippen molar-refractivity contribution in [3.8, 4) is 0 Å². The SMILES string of the molecule is CC1CN(C(=O)c2cnc(N)c(Cl)c2)CCO1. The second kappa shape index (κ2) is 4.89. The summed E-state index contributed by atoms with van der Waals surface area (Å²) in [5.41, 5.74) is 5.96. The highest BCUT2D eigenvalue weighted by Crippen LogP contribution is 2.18. The van der Waals surface area contributed by atoms with Gasteiger partial charge in [0.2, 0.25) is 0 Å². The number of anilines is 1. The Bertz CT molecular complexity index is 439. The predicted octanol–water partition coefficient (Wildman–Crippen LogP) is 1.18. The number of nitrogens with two attached hydrogens (primary N) is 1. The highest BCUT2D eigenvalue weighted by Gasteiger charge is 2.23. The van der Waals surface area contributed by atoms with Crippen molar-refractivity contribution in [3.63, 3.8) is 0 Å². The number of nitrogen functional groups attached to an aromatic ring is 1. The molecule has 0 spiro atoms. The zero-order chi connectivity index (χ0) is 12.4. The molecule has 0 aromatic carbocycles. The van der Waals surface area contributed by atoms with Crippen molar-refractivity contribution in [2.24, 2.45) is 0 Å². The van der Waals surface area contributed by atoms with Gasteiger partial charge < -0.3 is 15.4 Å². The van der Waals surface area contributed by atoms with E-state index >= 15 is 0 Å². The summed E-state index contributed by atoms with van der Waals surface area (Å²) in [6.45, 7) is 3.67. The van der Waals surface area contributed by atoms with Crippen molar-refractivity contribution < 1.29 is 9.53 Å². The Morgan fingerprint density at radius 2 is 2.47 bits per heavy atom. The molecule has 1 saturated heterocycles. The van der Waals surface area contributed by atoms with Gasteiger partial charge in [-0.05, 0) is 13.0 Å². The topological polar surface area (TPSA) is 68.5 Å². The smallest absolute Gasteiger partial charge is 0.255 e. The number of ether oxygens (including phenoxy) is 1. The van der Waals surface area contributed by atoms with Crippen LogP contribution in [-0.2, 0) is 4.74 Å². The average Bonchev–Trinajstić information content (AvgIpc) is 2.32. The maximum Gasteiger partial charge on any atom is 0.255 e. The molecule has 92 valence electrons. The number of hydrogen-bond acceptors (Lipinski definition) is 4. The third kappa shape index (κ3) is 2.68. The summed E-state index contributed by atoms with van der Waals surface area (Å²) in [7, 11) is 0. The number of nitrogens with zero attached hydrogens (tertiary/aromatic N) is 2. The normalized spacial score (nSPS) is 20.4. The van der Waals surface area contributed by atoms with Gasteiger partial charge in [-0.3, -0.25) is 4.79 Å². The van der Waals surface area contributed by atoms with E-state index in [0.717, 1.165) is 0 Å². The molecule has 1 amide bonds. The molecule has 2 heterocycles. The Balaban J connectivity index is 2.15.